The molecule has 2 saturated heterocycles. The van der Waals surface area contributed by atoms with Gasteiger partial charge in [0.15, 0.2) is 23.0 Å². The fourth-order valence-electron chi connectivity index (χ4n) is 4.83. The Morgan fingerprint density at radius 1 is 0.656 bits per heavy atom. The van der Waals surface area contributed by atoms with E-state index in [-0.39, 0.29) is 31.4 Å². The fraction of sp³-hybridized carbons (Fsp3) is 0.391. The molecule has 0 unspecified atom stereocenters. The second-order valence-electron chi connectivity index (χ2n) is 8.22. The smallest absolute Gasteiger partial charge is 0.244 e. The lowest BCUT2D eigenvalue weighted by Gasteiger charge is -2.41. The first-order chi connectivity index (χ1) is 15.7. The maximum atomic E-state index is 12.2. The lowest BCUT2D eigenvalue weighted by molar-refractivity contribution is -0.160. The molecular weight excluding hydrogens is 414 g/mol. The molecule has 4 heterocycles. The number of amides is 2. The van der Waals surface area contributed by atoms with Crippen molar-refractivity contribution >= 4 is 11.8 Å². The van der Waals surface area contributed by atoms with Gasteiger partial charge in [0.2, 0.25) is 25.4 Å². The second-order valence-corrected chi connectivity index (χ2v) is 8.22. The summed E-state index contributed by atoms with van der Waals surface area (Å²) in [6.07, 6.45) is 0.603. The summed E-state index contributed by atoms with van der Waals surface area (Å²) >= 11 is 0. The van der Waals surface area contributed by atoms with E-state index in [9.17, 15) is 9.59 Å². The van der Waals surface area contributed by atoms with Gasteiger partial charge in [-0.2, -0.15) is 0 Å². The largest absolute Gasteiger partial charge is 0.454 e. The minimum Gasteiger partial charge on any atom is -0.454 e. The number of nitrogens with zero attached hydrogens (tertiary/aromatic N) is 3. The SMILES string of the molecule is O=C1CCC(=O)N1N1CCN(C(c2ccc3c(c2)OCO3)c2ccc3c(c2)OCO3)CC1. The molecule has 2 fully saturated rings. The molecule has 6 rings (SSSR count). The molecule has 32 heavy (non-hydrogen) atoms. The van der Waals surface area contributed by atoms with Crippen LogP contribution in [0.15, 0.2) is 36.4 Å². The molecule has 0 aliphatic carbocycles. The van der Waals surface area contributed by atoms with Gasteiger partial charge < -0.3 is 18.9 Å². The number of rotatable bonds is 4. The highest BCUT2D eigenvalue weighted by molar-refractivity contribution is 6.01. The van der Waals surface area contributed by atoms with Crippen molar-refractivity contribution in [2.75, 3.05) is 39.8 Å². The van der Waals surface area contributed by atoms with Crippen molar-refractivity contribution in [3.63, 3.8) is 0 Å². The van der Waals surface area contributed by atoms with Gasteiger partial charge in [-0.3, -0.25) is 14.5 Å². The van der Waals surface area contributed by atoms with Crippen molar-refractivity contribution in [3.05, 3.63) is 47.5 Å². The number of carbonyl (C=O) groups excluding carboxylic acids is 2. The maximum Gasteiger partial charge on any atom is 0.244 e. The molecular formula is C23H23N3O6. The summed E-state index contributed by atoms with van der Waals surface area (Å²) in [4.78, 5) is 26.7. The van der Waals surface area contributed by atoms with Crippen molar-refractivity contribution in [3.8, 4) is 23.0 Å². The van der Waals surface area contributed by atoms with E-state index in [1.54, 1.807) is 0 Å². The molecule has 2 amide bonds. The van der Waals surface area contributed by atoms with Crippen LogP contribution >= 0.6 is 0 Å². The second kappa shape index (κ2) is 7.68. The van der Waals surface area contributed by atoms with Gasteiger partial charge in [0.1, 0.15) is 0 Å². The lowest BCUT2D eigenvalue weighted by atomic mass is 9.95. The molecule has 166 valence electrons. The van der Waals surface area contributed by atoms with Gasteiger partial charge in [-0.05, 0) is 35.4 Å². The van der Waals surface area contributed by atoms with E-state index in [1.807, 2.05) is 29.3 Å². The topological polar surface area (TPSA) is 80.8 Å². The zero-order chi connectivity index (χ0) is 21.7. The molecule has 0 saturated carbocycles. The Bertz CT molecular complexity index is 1010. The highest BCUT2D eigenvalue weighted by Gasteiger charge is 2.37. The molecule has 4 aliphatic heterocycles. The van der Waals surface area contributed by atoms with Crippen LogP contribution in [0.3, 0.4) is 0 Å². The third-order valence-corrected chi connectivity index (χ3v) is 6.39. The molecule has 0 aromatic heterocycles. The molecule has 0 radical (unpaired) electrons. The van der Waals surface area contributed by atoms with Crippen molar-refractivity contribution in [1.82, 2.24) is 14.9 Å². The molecule has 2 aromatic carbocycles. The van der Waals surface area contributed by atoms with Crippen LogP contribution in [0.1, 0.15) is 30.0 Å². The lowest BCUT2D eigenvalue weighted by Crippen LogP contribution is -2.55. The van der Waals surface area contributed by atoms with Crippen LogP contribution in [-0.2, 0) is 9.59 Å². The monoisotopic (exact) mass is 437 g/mol. The average molecular weight is 437 g/mol. The van der Waals surface area contributed by atoms with Crippen LogP contribution in [0.5, 0.6) is 23.0 Å². The number of benzene rings is 2. The zero-order valence-electron chi connectivity index (χ0n) is 17.5. The van der Waals surface area contributed by atoms with E-state index < -0.39 is 0 Å². The molecule has 2 aromatic rings. The molecule has 4 aliphatic rings. The Kier molecular flexibility index (Phi) is 4.65. The van der Waals surface area contributed by atoms with Gasteiger partial charge in [0, 0.05) is 39.0 Å². The number of hydrazine groups is 1. The van der Waals surface area contributed by atoms with Crippen molar-refractivity contribution in [1.29, 1.82) is 0 Å². The van der Waals surface area contributed by atoms with Crippen molar-refractivity contribution in [2.24, 2.45) is 0 Å². The number of hydrogen-bond acceptors (Lipinski definition) is 8. The van der Waals surface area contributed by atoms with E-state index in [0.717, 1.165) is 34.1 Å². The van der Waals surface area contributed by atoms with Gasteiger partial charge in [-0.1, -0.05) is 12.1 Å². The van der Waals surface area contributed by atoms with Gasteiger partial charge in [0.05, 0.1) is 6.04 Å². The number of carbonyl (C=O) groups is 2. The van der Waals surface area contributed by atoms with Crippen LogP contribution in [0.25, 0.3) is 0 Å². The van der Waals surface area contributed by atoms with Crippen LogP contribution in [0.2, 0.25) is 0 Å². The fourth-order valence-corrected chi connectivity index (χ4v) is 4.83. The van der Waals surface area contributed by atoms with Crippen molar-refractivity contribution < 1.29 is 28.5 Å². The van der Waals surface area contributed by atoms with E-state index in [2.05, 4.69) is 17.0 Å². The van der Waals surface area contributed by atoms with Gasteiger partial charge in [-0.25, -0.2) is 10.0 Å². The van der Waals surface area contributed by atoms with Gasteiger partial charge >= 0.3 is 0 Å². The minimum atomic E-state index is -0.105. The summed E-state index contributed by atoms with van der Waals surface area (Å²) in [6.45, 7) is 3.05. The van der Waals surface area contributed by atoms with Crippen LogP contribution in [0.4, 0.5) is 0 Å². The first kappa shape index (κ1) is 19.4. The number of ether oxygens (including phenoxy) is 4. The predicted octanol–water partition coefficient (Wildman–Crippen LogP) is 1.91. The third kappa shape index (κ3) is 3.25. The Hall–Kier alpha value is -3.30. The third-order valence-electron chi connectivity index (χ3n) is 6.39. The summed E-state index contributed by atoms with van der Waals surface area (Å²) < 4.78 is 22.2. The first-order valence-electron chi connectivity index (χ1n) is 10.8. The maximum absolute atomic E-state index is 12.2. The zero-order valence-corrected chi connectivity index (χ0v) is 17.5. The van der Waals surface area contributed by atoms with Crippen LogP contribution in [-0.4, -0.2) is 66.5 Å². The van der Waals surface area contributed by atoms with E-state index in [4.69, 9.17) is 18.9 Å². The quantitative estimate of drug-likeness (QED) is 0.672. The molecule has 9 heteroatoms. The summed E-state index contributed by atoms with van der Waals surface area (Å²) in [5.41, 5.74) is 2.16. The Morgan fingerprint density at radius 3 is 1.69 bits per heavy atom. The highest BCUT2D eigenvalue weighted by atomic mass is 16.7. The van der Waals surface area contributed by atoms with Gasteiger partial charge in [-0.15, -0.1) is 0 Å². The predicted molar refractivity (Wildman–Crippen MR) is 111 cm³/mol. The van der Waals surface area contributed by atoms with Gasteiger partial charge in [0.25, 0.3) is 0 Å². The van der Waals surface area contributed by atoms with E-state index in [1.165, 1.54) is 5.01 Å². The Morgan fingerprint density at radius 2 is 1.16 bits per heavy atom. The number of fused-ring (bicyclic) bond motifs is 2. The molecule has 0 bridgehead atoms. The van der Waals surface area contributed by atoms with Crippen molar-refractivity contribution in [2.45, 2.75) is 18.9 Å². The normalized spacial score (nSPS) is 20.6. The summed E-state index contributed by atoms with van der Waals surface area (Å²) in [5, 5.41) is 3.22. The molecule has 0 spiro atoms. The average Bonchev–Trinajstić information content (AvgIpc) is 3.54. The number of hydrogen-bond donors (Lipinski definition) is 0. The first-order valence-corrected chi connectivity index (χ1v) is 10.8. The number of piperazine rings is 1. The molecule has 9 nitrogen and oxygen atoms in total. The number of imide groups is 1. The van der Waals surface area contributed by atoms with Crippen LogP contribution < -0.4 is 18.9 Å². The molecule has 0 atom stereocenters. The highest BCUT2D eigenvalue weighted by Crippen LogP contribution is 2.41. The van der Waals surface area contributed by atoms with Crippen LogP contribution in [0, 0.1) is 0 Å². The Labute approximate surface area is 185 Å². The van der Waals surface area contributed by atoms with E-state index >= 15 is 0 Å². The Balaban J connectivity index is 1.30. The van der Waals surface area contributed by atoms with E-state index in [0.29, 0.717) is 39.0 Å². The molecule has 0 N–H and O–H groups in total. The standard InChI is InChI=1S/C23H23N3O6/c27-21-5-6-22(28)26(21)25-9-7-24(8-10-25)23(15-1-3-17-19(11-15)31-13-29-17)16-2-4-18-20(12-16)32-14-30-18/h1-4,11-12,23H,5-10,13-14H2. The summed E-state index contributed by atoms with van der Waals surface area (Å²) in [6, 6.07) is 12.0. The summed E-state index contributed by atoms with van der Waals surface area (Å²) in [7, 11) is 0. The minimum absolute atomic E-state index is 0.0499. The summed E-state index contributed by atoms with van der Waals surface area (Å²) in [5.74, 6) is 2.75.